The van der Waals surface area contributed by atoms with Gasteiger partial charge in [0.25, 0.3) is 0 Å². The molecule has 0 bridgehead atoms. The summed E-state index contributed by atoms with van der Waals surface area (Å²) in [7, 11) is 0. The third kappa shape index (κ3) is 1.65. The van der Waals surface area contributed by atoms with Crippen LogP contribution in [0.15, 0.2) is 30.5 Å². The number of hydrogen-bond donors (Lipinski definition) is 0. The summed E-state index contributed by atoms with van der Waals surface area (Å²) in [6, 6.07) is 5.01. The van der Waals surface area contributed by atoms with Gasteiger partial charge in [0.2, 0.25) is 0 Å². The van der Waals surface area contributed by atoms with E-state index in [-0.39, 0.29) is 11.5 Å². The minimum atomic E-state index is -0.493. The molecule has 1 aromatic heterocycles. The third-order valence-corrected chi connectivity index (χ3v) is 3.28. The maximum absolute atomic E-state index is 13.7. The van der Waals surface area contributed by atoms with E-state index in [0.29, 0.717) is 18.4 Å². The summed E-state index contributed by atoms with van der Waals surface area (Å²) in [4.78, 5) is 11.7. The highest BCUT2D eigenvalue weighted by molar-refractivity contribution is 5.98. The molecule has 0 atom stereocenters. The lowest BCUT2D eigenvalue weighted by molar-refractivity contribution is 0.0972. The fourth-order valence-corrected chi connectivity index (χ4v) is 2.42. The van der Waals surface area contributed by atoms with Crippen molar-refractivity contribution in [2.45, 2.75) is 19.3 Å². The van der Waals surface area contributed by atoms with Crippen LogP contribution in [0.4, 0.5) is 8.78 Å². The van der Waals surface area contributed by atoms with Gasteiger partial charge in [0.05, 0.1) is 5.69 Å². The van der Waals surface area contributed by atoms with Gasteiger partial charge in [-0.3, -0.25) is 4.79 Å². The van der Waals surface area contributed by atoms with E-state index < -0.39 is 11.6 Å². The smallest absolute Gasteiger partial charge is 0.164 e. The molecule has 3 rings (SSSR count). The Kier molecular flexibility index (Phi) is 2.51. The first-order chi connectivity index (χ1) is 8.66. The van der Waals surface area contributed by atoms with Crippen molar-refractivity contribution < 1.29 is 13.6 Å². The molecule has 2 aromatic rings. The van der Waals surface area contributed by atoms with E-state index in [9.17, 15) is 13.6 Å². The van der Waals surface area contributed by atoms with Gasteiger partial charge in [-0.15, -0.1) is 0 Å². The summed E-state index contributed by atoms with van der Waals surface area (Å²) in [5.41, 5.74) is 1.56. The third-order valence-electron chi connectivity index (χ3n) is 3.28. The molecule has 0 amide bonds. The highest BCUT2D eigenvalue weighted by atomic mass is 19.1. The monoisotopic (exact) mass is 247 g/mol. The highest BCUT2D eigenvalue weighted by Crippen LogP contribution is 2.26. The Morgan fingerprint density at radius 3 is 2.78 bits per heavy atom. The number of halogens is 2. The van der Waals surface area contributed by atoms with E-state index in [0.717, 1.165) is 30.3 Å². The predicted molar refractivity (Wildman–Crippen MR) is 63.0 cm³/mol. The molecule has 0 N–H and O–H groups in total. The minimum absolute atomic E-state index is 0.0758. The van der Waals surface area contributed by atoms with Gasteiger partial charge in [-0.2, -0.15) is 0 Å². The average Bonchev–Trinajstić information content (AvgIpc) is 2.77. The van der Waals surface area contributed by atoms with Crippen LogP contribution in [0.3, 0.4) is 0 Å². The zero-order valence-electron chi connectivity index (χ0n) is 9.62. The van der Waals surface area contributed by atoms with Crippen LogP contribution in [0.5, 0.6) is 0 Å². The van der Waals surface area contributed by atoms with Gasteiger partial charge >= 0.3 is 0 Å². The SMILES string of the molecule is O=C1CCCc2c1ccn2-c1cc(F)ccc1F. The summed E-state index contributed by atoms with van der Waals surface area (Å²) in [6.07, 6.45) is 3.63. The quantitative estimate of drug-likeness (QED) is 0.758. The molecule has 1 heterocycles. The standard InChI is InChI=1S/C14H11F2NO/c15-9-4-5-11(16)13(8-9)17-7-6-10-12(17)2-1-3-14(10)18/h4-8H,1-3H2. The second-order valence-corrected chi connectivity index (χ2v) is 4.42. The van der Waals surface area contributed by atoms with Crippen molar-refractivity contribution in [1.29, 1.82) is 0 Å². The number of fused-ring (bicyclic) bond motifs is 1. The number of Topliss-reactive ketones (excluding diaryl/α,β-unsaturated/α-hetero) is 1. The minimum Gasteiger partial charge on any atom is -0.317 e. The van der Waals surface area contributed by atoms with Gasteiger partial charge in [0, 0.05) is 29.9 Å². The zero-order chi connectivity index (χ0) is 12.7. The fraction of sp³-hybridized carbons (Fsp3) is 0.214. The topological polar surface area (TPSA) is 22.0 Å². The largest absolute Gasteiger partial charge is 0.317 e. The molecular weight excluding hydrogens is 236 g/mol. The molecule has 92 valence electrons. The lowest BCUT2D eigenvalue weighted by Crippen LogP contribution is -2.12. The van der Waals surface area contributed by atoms with Gasteiger partial charge in [-0.05, 0) is 31.0 Å². The molecule has 0 unspecified atom stereocenters. The van der Waals surface area contributed by atoms with Crippen LogP contribution in [0.1, 0.15) is 28.9 Å². The van der Waals surface area contributed by atoms with Crippen LogP contribution < -0.4 is 0 Å². The number of hydrogen-bond acceptors (Lipinski definition) is 1. The maximum atomic E-state index is 13.7. The molecule has 0 fully saturated rings. The Morgan fingerprint density at radius 1 is 1.11 bits per heavy atom. The van der Waals surface area contributed by atoms with Gasteiger partial charge in [-0.25, -0.2) is 8.78 Å². The van der Waals surface area contributed by atoms with Crippen LogP contribution in [0, 0.1) is 11.6 Å². The number of nitrogens with zero attached hydrogens (tertiary/aromatic N) is 1. The lowest BCUT2D eigenvalue weighted by Gasteiger charge is -2.15. The van der Waals surface area contributed by atoms with Crippen LogP contribution in [0.25, 0.3) is 5.69 Å². The van der Waals surface area contributed by atoms with Crippen molar-refractivity contribution in [2.24, 2.45) is 0 Å². The molecule has 0 saturated heterocycles. The number of carbonyl (C=O) groups is 1. The first kappa shape index (κ1) is 11.1. The van der Waals surface area contributed by atoms with Crippen LogP contribution >= 0.6 is 0 Å². The van der Waals surface area contributed by atoms with E-state index in [4.69, 9.17) is 0 Å². The molecule has 18 heavy (non-hydrogen) atoms. The summed E-state index contributed by atoms with van der Waals surface area (Å²) in [6.45, 7) is 0. The highest BCUT2D eigenvalue weighted by Gasteiger charge is 2.22. The normalized spacial score (nSPS) is 14.7. The predicted octanol–water partition coefficient (Wildman–Crippen LogP) is 3.27. The van der Waals surface area contributed by atoms with Crippen molar-refractivity contribution in [1.82, 2.24) is 4.57 Å². The summed E-state index contributed by atoms with van der Waals surface area (Å²) in [5.74, 6) is -0.907. The Labute approximate surface area is 103 Å². The molecule has 0 saturated carbocycles. The zero-order valence-corrected chi connectivity index (χ0v) is 9.62. The Bertz CT molecular complexity index is 631. The van der Waals surface area contributed by atoms with E-state index >= 15 is 0 Å². The van der Waals surface area contributed by atoms with Gasteiger partial charge in [0.15, 0.2) is 5.78 Å². The van der Waals surface area contributed by atoms with E-state index in [2.05, 4.69) is 0 Å². The fourth-order valence-electron chi connectivity index (χ4n) is 2.42. The molecule has 0 spiro atoms. The Hall–Kier alpha value is -1.97. The van der Waals surface area contributed by atoms with E-state index in [1.807, 2.05) is 0 Å². The van der Waals surface area contributed by atoms with Crippen molar-refractivity contribution >= 4 is 5.78 Å². The molecule has 0 aliphatic heterocycles. The Balaban J connectivity index is 2.18. The van der Waals surface area contributed by atoms with Gasteiger partial charge in [-0.1, -0.05) is 0 Å². The molecule has 4 heteroatoms. The molecular formula is C14H11F2NO. The number of benzene rings is 1. The molecule has 1 aliphatic carbocycles. The second-order valence-electron chi connectivity index (χ2n) is 4.42. The van der Waals surface area contributed by atoms with Crippen LogP contribution in [-0.2, 0) is 6.42 Å². The van der Waals surface area contributed by atoms with E-state index in [1.165, 1.54) is 0 Å². The molecule has 0 radical (unpaired) electrons. The number of rotatable bonds is 1. The molecule has 1 aromatic carbocycles. The average molecular weight is 247 g/mol. The van der Waals surface area contributed by atoms with Crippen molar-refractivity contribution in [3.8, 4) is 5.69 Å². The Morgan fingerprint density at radius 2 is 1.94 bits per heavy atom. The first-order valence-electron chi connectivity index (χ1n) is 5.85. The molecule has 1 aliphatic rings. The summed E-state index contributed by atoms with van der Waals surface area (Å²) < 4.78 is 28.5. The van der Waals surface area contributed by atoms with Crippen LogP contribution in [0.2, 0.25) is 0 Å². The van der Waals surface area contributed by atoms with Crippen molar-refractivity contribution in [3.05, 3.63) is 53.4 Å². The lowest BCUT2D eigenvalue weighted by atomic mass is 9.97. The number of aromatic nitrogens is 1. The number of ketones is 1. The molecule has 2 nitrogen and oxygen atoms in total. The van der Waals surface area contributed by atoms with Gasteiger partial charge in [0.1, 0.15) is 11.6 Å². The number of carbonyl (C=O) groups excluding carboxylic acids is 1. The van der Waals surface area contributed by atoms with Crippen molar-refractivity contribution in [2.75, 3.05) is 0 Å². The maximum Gasteiger partial charge on any atom is 0.164 e. The van der Waals surface area contributed by atoms with Crippen LogP contribution in [-0.4, -0.2) is 10.4 Å². The summed E-state index contributed by atoms with van der Waals surface area (Å²) in [5, 5.41) is 0. The summed E-state index contributed by atoms with van der Waals surface area (Å²) >= 11 is 0. The van der Waals surface area contributed by atoms with E-state index in [1.54, 1.807) is 16.8 Å². The van der Waals surface area contributed by atoms with Crippen molar-refractivity contribution in [3.63, 3.8) is 0 Å². The first-order valence-corrected chi connectivity index (χ1v) is 5.85. The second kappa shape index (κ2) is 4.05. The van der Waals surface area contributed by atoms with Gasteiger partial charge < -0.3 is 4.57 Å².